The lowest BCUT2D eigenvalue weighted by Crippen LogP contribution is -2.09. The maximum Gasteiger partial charge on any atom is 0.0908 e. The average Bonchev–Trinajstić information content (AvgIpc) is 1.82. The molecule has 0 aliphatic rings. The minimum Gasteiger partial charge on any atom is -0.393 e. The van der Waals surface area contributed by atoms with Gasteiger partial charge in [0.2, 0.25) is 0 Å². The van der Waals surface area contributed by atoms with Gasteiger partial charge >= 0.3 is 0 Å². The Balaban J connectivity index is 3.65. The Morgan fingerprint density at radius 2 is 2.11 bits per heavy atom. The number of rotatable bonds is 2. The third-order valence-corrected chi connectivity index (χ3v) is 1.24. The van der Waals surface area contributed by atoms with E-state index in [0.29, 0.717) is 0 Å². The molecule has 1 N–H and O–H groups in total. The molecule has 0 aromatic carbocycles. The zero-order valence-corrected chi connectivity index (χ0v) is 5.70. The van der Waals surface area contributed by atoms with Crippen molar-refractivity contribution in [2.75, 3.05) is 0 Å². The Morgan fingerprint density at radius 1 is 1.56 bits per heavy atom. The Hall–Kier alpha value is -0.810. The van der Waals surface area contributed by atoms with Gasteiger partial charge in [-0.3, -0.25) is 0 Å². The van der Waals surface area contributed by atoms with Crippen LogP contribution in [0.5, 0.6) is 0 Å². The van der Waals surface area contributed by atoms with E-state index in [1.54, 1.807) is 13.0 Å². The van der Waals surface area contributed by atoms with Crippen LogP contribution in [0, 0.1) is 17.2 Å². The van der Waals surface area contributed by atoms with Crippen LogP contribution in [0.3, 0.4) is 0 Å². The third-order valence-electron chi connectivity index (χ3n) is 1.24. The van der Waals surface area contributed by atoms with E-state index in [4.69, 9.17) is 10.4 Å². The van der Waals surface area contributed by atoms with Gasteiger partial charge in [0.1, 0.15) is 0 Å². The van der Waals surface area contributed by atoms with Gasteiger partial charge in [-0.15, -0.1) is 0 Å². The van der Waals surface area contributed by atoms with Gasteiger partial charge in [0.05, 0.1) is 12.2 Å². The first-order chi connectivity index (χ1) is 4.18. The summed E-state index contributed by atoms with van der Waals surface area (Å²) in [6.07, 6.45) is 2.71. The van der Waals surface area contributed by atoms with Crippen LogP contribution in [0.1, 0.15) is 13.8 Å². The number of aliphatic hydroxyl groups is 1. The molecule has 0 radical (unpaired) electrons. The van der Waals surface area contributed by atoms with Crippen LogP contribution in [-0.2, 0) is 0 Å². The lowest BCUT2D eigenvalue weighted by Gasteiger charge is -2.06. The average molecular weight is 125 g/mol. The second kappa shape index (κ2) is 4.11. The van der Waals surface area contributed by atoms with Crippen molar-refractivity contribution in [2.24, 2.45) is 5.92 Å². The highest BCUT2D eigenvalue weighted by molar-refractivity contribution is 5.03. The number of hydrogen-bond donors (Lipinski definition) is 1. The van der Waals surface area contributed by atoms with Gasteiger partial charge in [0.15, 0.2) is 0 Å². The summed E-state index contributed by atoms with van der Waals surface area (Å²) in [5, 5.41) is 17.0. The molecule has 0 fully saturated rings. The zero-order chi connectivity index (χ0) is 7.28. The number of aliphatic hydroxyl groups excluding tert-OH is 1. The Morgan fingerprint density at radius 3 is 2.44 bits per heavy atom. The summed E-state index contributed by atoms with van der Waals surface area (Å²) >= 11 is 0. The SMILES string of the molecule is CC(O)C(C)/C=C/C#N. The van der Waals surface area contributed by atoms with E-state index >= 15 is 0 Å². The molecule has 2 atom stereocenters. The van der Waals surface area contributed by atoms with Crippen molar-refractivity contribution in [3.05, 3.63) is 12.2 Å². The molecule has 9 heavy (non-hydrogen) atoms. The minimum absolute atomic E-state index is 0.0737. The highest BCUT2D eigenvalue weighted by Crippen LogP contribution is 2.02. The van der Waals surface area contributed by atoms with E-state index in [1.165, 1.54) is 6.08 Å². The minimum atomic E-state index is -0.366. The summed E-state index contributed by atoms with van der Waals surface area (Å²) in [5.74, 6) is 0.0737. The van der Waals surface area contributed by atoms with Gasteiger partial charge in [-0.25, -0.2) is 0 Å². The molecule has 50 valence electrons. The molecule has 0 rings (SSSR count). The summed E-state index contributed by atoms with van der Waals surface area (Å²) in [6.45, 7) is 3.56. The van der Waals surface area contributed by atoms with Gasteiger partial charge in [0.25, 0.3) is 0 Å². The monoisotopic (exact) mass is 125 g/mol. The molecule has 0 aliphatic carbocycles. The normalized spacial score (nSPS) is 17.1. The molecule has 0 saturated heterocycles. The first-order valence-corrected chi connectivity index (χ1v) is 2.93. The lowest BCUT2D eigenvalue weighted by atomic mass is 10.1. The molecule has 0 aromatic rings. The van der Waals surface area contributed by atoms with Crippen LogP contribution in [0.15, 0.2) is 12.2 Å². The molecule has 2 unspecified atom stereocenters. The molecular formula is C7H11NO. The van der Waals surface area contributed by atoms with E-state index in [1.807, 2.05) is 13.0 Å². The number of allylic oxidation sites excluding steroid dienone is 1. The molecule has 2 nitrogen and oxygen atoms in total. The van der Waals surface area contributed by atoms with Crippen LogP contribution in [0.4, 0.5) is 0 Å². The van der Waals surface area contributed by atoms with Gasteiger partial charge in [0, 0.05) is 12.0 Å². The summed E-state index contributed by atoms with van der Waals surface area (Å²) in [7, 11) is 0. The van der Waals surface area contributed by atoms with E-state index < -0.39 is 0 Å². The van der Waals surface area contributed by atoms with Crippen molar-refractivity contribution in [3.63, 3.8) is 0 Å². The second-order valence-electron chi connectivity index (χ2n) is 2.09. The van der Waals surface area contributed by atoms with Crippen LogP contribution in [-0.4, -0.2) is 11.2 Å². The van der Waals surface area contributed by atoms with Crippen LogP contribution >= 0.6 is 0 Å². The fourth-order valence-corrected chi connectivity index (χ4v) is 0.356. The molecule has 0 aliphatic heterocycles. The standard InChI is InChI=1S/C7H11NO/c1-6(7(2)9)4-3-5-8/h3-4,6-7,9H,1-2H3/b4-3+. The Bertz CT molecular complexity index is 132. The zero-order valence-electron chi connectivity index (χ0n) is 5.70. The molecule has 0 spiro atoms. The first-order valence-electron chi connectivity index (χ1n) is 2.93. The molecule has 0 aromatic heterocycles. The predicted octanol–water partition coefficient (Wildman–Crippen LogP) is 1.08. The van der Waals surface area contributed by atoms with Crippen molar-refractivity contribution in [2.45, 2.75) is 20.0 Å². The topological polar surface area (TPSA) is 44.0 Å². The molecule has 2 heteroatoms. The summed E-state index contributed by atoms with van der Waals surface area (Å²) < 4.78 is 0. The van der Waals surface area contributed by atoms with Gasteiger partial charge in [-0.2, -0.15) is 5.26 Å². The van der Waals surface area contributed by atoms with E-state index in [-0.39, 0.29) is 12.0 Å². The molecule has 0 saturated carbocycles. The number of hydrogen-bond acceptors (Lipinski definition) is 2. The highest BCUT2D eigenvalue weighted by atomic mass is 16.3. The first kappa shape index (κ1) is 8.19. The summed E-state index contributed by atoms with van der Waals surface area (Å²) in [5.41, 5.74) is 0. The van der Waals surface area contributed by atoms with Crippen LogP contribution in [0.25, 0.3) is 0 Å². The lowest BCUT2D eigenvalue weighted by molar-refractivity contribution is 0.157. The molecule has 0 bridgehead atoms. The van der Waals surface area contributed by atoms with Gasteiger partial charge < -0.3 is 5.11 Å². The quantitative estimate of drug-likeness (QED) is 0.561. The molecule has 0 heterocycles. The largest absolute Gasteiger partial charge is 0.393 e. The van der Waals surface area contributed by atoms with E-state index in [2.05, 4.69) is 0 Å². The second-order valence-corrected chi connectivity index (χ2v) is 2.09. The van der Waals surface area contributed by atoms with Gasteiger partial charge in [-0.1, -0.05) is 13.0 Å². The third kappa shape index (κ3) is 3.75. The summed E-state index contributed by atoms with van der Waals surface area (Å²) in [6, 6.07) is 1.86. The predicted molar refractivity (Wildman–Crippen MR) is 35.6 cm³/mol. The van der Waals surface area contributed by atoms with Crippen LogP contribution < -0.4 is 0 Å². The maximum atomic E-state index is 8.89. The van der Waals surface area contributed by atoms with Crippen LogP contribution in [0.2, 0.25) is 0 Å². The van der Waals surface area contributed by atoms with Gasteiger partial charge in [-0.05, 0) is 6.92 Å². The van der Waals surface area contributed by atoms with Crippen molar-refractivity contribution >= 4 is 0 Å². The molecular weight excluding hydrogens is 114 g/mol. The molecule has 0 amide bonds. The van der Waals surface area contributed by atoms with Crippen molar-refractivity contribution in [1.29, 1.82) is 5.26 Å². The fourth-order valence-electron chi connectivity index (χ4n) is 0.356. The Kier molecular flexibility index (Phi) is 3.74. The number of nitriles is 1. The fraction of sp³-hybridized carbons (Fsp3) is 0.571. The van der Waals surface area contributed by atoms with E-state index in [0.717, 1.165) is 0 Å². The van der Waals surface area contributed by atoms with Crippen molar-refractivity contribution in [1.82, 2.24) is 0 Å². The van der Waals surface area contributed by atoms with Crippen molar-refractivity contribution in [3.8, 4) is 6.07 Å². The van der Waals surface area contributed by atoms with E-state index in [9.17, 15) is 0 Å². The smallest absolute Gasteiger partial charge is 0.0908 e. The number of nitrogens with zero attached hydrogens (tertiary/aromatic N) is 1. The summed E-state index contributed by atoms with van der Waals surface area (Å²) in [4.78, 5) is 0. The Labute approximate surface area is 55.4 Å². The highest BCUT2D eigenvalue weighted by Gasteiger charge is 2.02. The maximum absolute atomic E-state index is 8.89. The van der Waals surface area contributed by atoms with Crippen molar-refractivity contribution < 1.29 is 5.11 Å².